The van der Waals surface area contributed by atoms with Gasteiger partial charge >= 0.3 is 0 Å². The maximum Gasteiger partial charge on any atom is 0.244 e. The van der Waals surface area contributed by atoms with Gasteiger partial charge in [-0.25, -0.2) is 0 Å². The van der Waals surface area contributed by atoms with Crippen LogP contribution in [0.25, 0.3) is 0 Å². The Hall–Kier alpha value is -4.39. The number of amides is 3. The van der Waals surface area contributed by atoms with Crippen molar-refractivity contribution in [2.24, 2.45) is 10.8 Å². The second-order valence-electron chi connectivity index (χ2n) is 19.4. The van der Waals surface area contributed by atoms with Crippen LogP contribution in [0.4, 0.5) is 0 Å². The summed E-state index contributed by atoms with van der Waals surface area (Å²) >= 11 is 0. The van der Waals surface area contributed by atoms with E-state index < -0.39 is 6.04 Å². The van der Waals surface area contributed by atoms with Crippen LogP contribution in [0.5, 0.6) is 0 Å². The molecular formula is C57H89N3O8. The summed E-state index contributed by atoms with van der Waals surface area (Å²) in [6.07, 6.45) is 32.6. The Kier molecular flexibility index (Phi) is 29.9. The molecule has 11 nitrogen and oxygen atoms in total. The minimum atomic E-state index is -0.762. The Labute approximate surface area is 411 Å². The fourth-order valence-corrected chi connectivity index (χ4v) is 8.27. The molecule has 11 heteroatoms. The lowest BCUT2D eigenvalue weighted by atomic mass is 9.72. The van der Waals surface area contributed by atoms with Crippen molar-refractivity contribution in [2.75, 3.05) is 79.7 Å². The van der Waals surface area contributed by atoms with E-state index in [1.165, 1.54) is 60.5 Å². The third kappa shape index (κ3) is 26.4. The summed E-state index contributed by atoms with van der Waals surface area (Å²) in [6.45, 7) is 26.5. The van der Waals surface area contributed by atoms with E-state index in [1.807, 2.05) is 44.2 Å². The number of ether oxygens (including phenoxy) is 5. The highest BCUT2D eigenvalue weighted by Gasteiger charge is 2.27. The summed E-state index contributed by atoms with van der Waals surface area (Å²) < 4.78 is 27.0. The van der Waals surface area contributed by atoms with Gasteiger partial charge in [0.1, 0.15) is 6.04 Å². The lowest BCUT2D eigenvalue weighted by Gasteiger charge is -2.33. The molecule has 0 unspecified atom stereocenters. The Morgan fingerprint density at radius 2 is 1.03 bits per heavy atom. The molecule has 0 heterocycles. The highest BCUT2D eigenvalue weighted by molar-refractivity contribution is 5.93. The number of hydrogen-bond acceptors (Lipinski definition) is 8. The smallest absolute Gasteiger partial charge is 0.244 e. The monoisotopic (exact) mass is 944 g/mol. The normalized spacial score (nSPS) is 17.9. The van der Waals surface area contributed by atoms with Crippen LogP contribution in [0.15, 0.2) is 117 Å². The van der Waals surface area contributed by atoms with Gasteiger partial charge in [-0.15, -0.1) is 0 Å². The zero-order valence-corrected chi connectivity index (χ0v) is 43.9. The van der Waals surface area contributed by atoms with E-state index in [1.54, 1.807) is 13.2 Å². The first-order chi connectivity index (χ1) is 32.4. The fraction of sp³-hybridized carbons (Fsp3) is 0.596. The second-order valence-corrected chi connectivity index (χ2v) is 19.4. The van der Waals surface area contributed by atoms with E-state index in [0.29, 0.717) is 85.3 Å². The highest BCUT2D eigenvalue weighted by atomic mass is 16.6. The van der Waals surface area contributed by atoms with Crippen molar-refractivity contribution in [2.45, 2.75) is 133 Å². The van der Waals surface area contributed by atoms with Crippen LogP contribution in [0.3, 0.4) is 0 Å². The molecule has 0 fully saturated rings. The van der Waals surface area contributed by atoms with Crippen LogP contribution < -0.4 is 16.0 Å². The van der Waals surface area contributed by atoms with Gasteiger partial charge in [0, 0.05) is 32.4 Å². The van der Waals surface area contributed by atoms with E-state index in [0.717, 1.165) is 28.7 Å². The van der Waals surface area contributed by atoms with Crippen molar-refractivity contribution >= 4 is 17.7 Å². The van der Waals surface area contributed by atoms with Crippen LogP contribution in [-0.2, 0) is 38.1 Å². The average Bonchev–Trinajstić information content (AvgIpc) is 3.26. The van der Waals surface area contributed by atoms with Gasteiger partial charge in [-0.3, -0.25) is 14.4 Å². The topological polar surface area (TPSA) is 133 Å². The molecule has 0 aliphatic heterocycles. The number of carbonyl (C=O) groups excluding carboxylic acids is 3. The third-order valence-electron chi connectivity index (χ3n) is 12.2. The summed E-state index contributed by atoms with van der Waals surface area (Å²) in [5, 5.41) is 8.76. The lowest BCUT2D eigenvalue weighted by molar-refractivity contribution is -0.127. The predicted octanol–water partition coefficient (Wildman–Crippen LogP) is 10.6. The Morgan fingerprint density at radius 3 is 1.50 bits per heavy atom. The van der Waals surface area contributed by atoms with Gasteiger partial charge in [0.25, 0.3) is 0 Å². The third-order valence-corrected chi connectivity index (χ3v) is 12.2. The maximum absolute atomic E-state index is 13.4. The molecule has 0 aromatic rings. The number of carbonyl (C=O) groups is 3. The first-order valence-electron chi connectivity index (χ1n) is 24.9. The molecule has 0 bridgehead atoms. The molecule has 0 radical (unpaired) electrons. The van der Waals surface area contributed by atoms with Gasteiger partial charge < -0.3 is 39.6 Å². The van der Waals surface area contributed by atoms with Crippen molar-refractivity contribution in [3.8, 4) is 0 Å². The van der Waals surface area contributed by atoms with Gasteiger partial charge in [-0.05, 0) is 132 Å². The van der Waals surface area contributed by atoms with Gasteiger partial charge in [-0.1, -0.05) is 111 Å². The quantitative estimate of drug-likeness (QED) is 0.0345. The summed E-state index contributed by atoms with van der Waals surface area (Å²) in [5.74, 6) is -0.820. The number of unbranched alkanes of at least 4 members (excludes halogenated alkanes) is 1. The van der Waals surface area contributed by atoms with Crippen LogP contribution in [-0.4, -0.2) is 103 Å². The molecule has 2 aliphatic carbocycles. The first kappa shape index (κ1) is 59.7. The van der Waals surface area contributed by atoms with E-state index >= 15 is 0 Å². The van der Waals surface area contributed by atoms with Gasteiger partial charge in [0.15, 0.2) is 0 Å². The van der Waals surface area contributed by atoms with Crippen molar-refractivity contribution < 1.29 is 38.1 Å². The molecule has 3 amide bonds. The Balaban J connectivity index is 1.90. The minimum absolute atomic E-state index is 0.175. The molecule has 380 valence electrons. The predicted molar refractivity (Wildman–Crippen MR) is 279 cm³/mol. The molecule has 0 aromatic carbocycles. The van der Waals surface area contributed by atoms with Crippen LogP contribution in [0.2, 0.25) is 0 Å². The van der Waals surface area contributed by atoms with Gasteiger partial charge in [0.2, 0.25) is 17.7 Å². The van der Waals surface area contributed by atoms with E-state index in [2.05, 4.69) is 102 Å². The molecule has 68 heavy (non-hydrogen) atoms. The molecule has 0 aromatic heterocycles. The molecular weight excluding hydrogens is 855 g/mol. The largest absolute Gasteiger partial charge is 0.382 e. The zero-order chi connectivity index (χ0) is 50.2. The number of allylic oxidation sites excluding steroid dienone is 18. The summed E-state index contributed by atoms with van der Waals surface area (Å²) in [6, 6.07) is -0.762. The molecule has 0 spiro atoms. The SMILES string of the molecule is COCCOCCOCCOCCOCCNC(=O)[C@@H](CCCCNC(=O)/C=C(C)/C=C/C=C(C)/C=C/C1=C(C)CCCC1(C)C)NC(=O)/C=C(C)/C=C/C=C(C)/C=C/C1=C(C)CCCC1(C)C. The summed E-state index contributed by atoms with van der Waals surface area (Å²) in [7, 11) is 1.63. The van der Waals surface area contributed by atoms with Crippen molar-refractivity contribution in [1.82, 2.24) is 16.0 Å². The highest BCUT2D eigenvalue weighted by Crippen LogP contribution is 2.41. The molecule has 1 atom stereocenters. The maximum atomic E-state index is 13.4. The van der Waals surface area contributed by atoms with E-state index in [-0.39, 0.29) is 35.1 Å². The molecule has 0 saturated heterocycles. The fourth-order valence-electron chi connectivity index (χ4n) is 8.27. The average molecular weight is 944 g/mol. The van der Waals surface area contributed by atoms with Gasteiger partial charge in [-0.2, -0.15) is 0 Å². The van der Waals surface area contributed by atoms with Crippen LogP contribution >= 0.6 is 0 Å². The molecule has 3 N–H and O–H groups in total. The zero-order valence-electron chi connectivity index (χ0n) is 43.9. The summed E-state index contributed by atoms with van der Waals surface area (Å²) in [5.41, 5.74) is 10.0. The minimum Gasteiger partial charge on any atom is -0.382 e. The number of methoxy groups -OCH3 is 1. The van der Waals surface area contributed by atoms with Crippen molar-refractivity contribution in [1.29, 1.82) is 0 Å². The van der Waals surface area contributed by atoms with E-state index in [9.17, 15) is 14.4 Å². The number of nitrogens with one attached hydrogen (secondary N) is 3. The first-order valence-corrected chi connectivity index (χ1v) is 24.9. The number of hydrogen-bond donors (Lipinski definition) is 3. The number of rotatable bonds is 32. The second kappa shape index (κ2) is 34.0. The molecule has 2 aliphatic rings. The standard InChI is InChI=1S/C57H89N3O8/c1-44(25-27-50-48(5)22-16-29-56(50,7)8)18-14-20-46(3)42-53(61)58-31-13-12-24-52(55(63)59-32-33-65-36-37-67-40-41-68-39-38-66-35-34-64-11)60-54(62)43-47(4)21-15-19-45(2)26-28-51-49(6)23-17-30-57(51,9)10/h14-15,18-21,25-28,42-43,52H,12-13,16-17,22-24,29-41H2,1-11H3,(H,58,61)(H,59,63)(H,60,62)/b20-14+,21-15+,27-25+,28-26+,44-18+,45-19+,46-42+,47-43+/t52-/m1/s1. The van der Waals surface area contributed by atoms with E-state index in [4.69, 9.17) is 23.7 Å². The summed E-state index contributed by atoms with van der Waals surface area (Å²) in [4.78, 5) is 39.3. The molecule has 2 rings (SSSR count). The van der Waals surface area contributed by atoms with Crippen LogP contribution in [0, 0.1) is 10.8 Å². The lowest BCUT2D eigenvalue weighted by Crippen LogP contribution is -2.47. The molecule has 0 saturated carbocycles. The van der Waals surface area contributed by atoms with Crippen molar-refractivity contribution in [3.05, 3.63) is 117 Å². The van der Waals surface area contributed by atoms with Crippen LogP contribution in [0.1, 0.15) is 127 Å². The Bertz CT molecular complexity index is 1890. The van der Waals surface area contributed by atoms with Crippen molar-refractivity contribution in [3.63, 3.8) is 0 Å². The van der Waals surface area contributed by atoms with Gasteiger partial charge in [0.05, 0.1) is 59.5 Å². The Morgan fingerprint density at radius 1 is 0.574 bits per heavy atom.